The number of aryl methyl sites for hydroxylation is 1. The van der Waals surface area contributed by atoms with Crippen molar-refractivity contribution in [1.29, 1.82) is 0 Å². The minimum atomic E-state index is -4.71. The number of piperidine rings is 1. The van der Waals surface area contributed by atoms with Crippen LogP contribution in [0.2, 0.25) is 5.02 Å². The molecule has 1 saturated heterocycles. The Labute approximate surface area is 186 Å². The first kappa shape index (κ1) is 25.6. The predicted octanol–water partition coefficient (Wildman–Crippen LogP) is 5.09. The molecule has 0 aromatic heterocycles. The molecule has 0 bridgehead atoms. The van der Waals surface area contributed by atoms with Gasteiger partial charge in [-0.25, -0.2) is 13.2 Å². The Morgan fingerprint density at radius 3 is 2.23 bits per heavy atom. The van der Waals surface area contributed by atoms with Gasteiger partial charge in [-0.15, -0.1) is 0 Å². The molecule has 0 radical (unpaired) electrons. The molecule has 2 rings (SSSR count). The van der Waals surface area contributed by atoms with Crippen molar-refractivity contribution in [3.63, 3.8) is 0 Å². The normalized spacial score (nSPS) is 16.4. The number of sulfonamides is 1. The van der Waals surface area contributed by atoms with Gasteiger partial charge in [0.15, 0.2) is 0 Å². The first-order valence-corrected chi connectivity index (χ1v) is 12.0. The van der Waals surface area contributed by atoms with Crippen LogP contribution < -0.4 is 4.31 Å². The highest BCUT2D eigenvalue weighted by molar-refractivity contribution is 7.92. The van der Waals surface area contributed by atoms with E-state index in [1.54, 1.807) is 32.6 Å². The van der Waals surface area contributed by atoms with Gasteiger partial charge in [0.05, 0.1) is 11.9 Å². The van der Waals surface area contributed by atoms with Gasteiger partial charge in [-0.2, -0.15) is 13.2 Å². The fourth-order valence-electron chi connectivity index (χ4n) is 3.47. The Hall–Kier alpha value is -1.68. The Kier molecular flexibility index (Phi) is 7.47. The number of likely N-dealkylation sites (tertiary alicyclic amines) is 1. The lowest BCUT2D eigenvalue weighted by Crippen LogP contribution is -2.42. The highest BCUT2D eigenvalue weighted by Gasteiger charge is 2.37. The van der Waals surface area contributed by atoms with E-state index in [-0.39, 0.29) is 11.6 Å². The van der Waals surface area contributed by atoms with Gasteiger partial charge in [0.1, 0.15) is 12.1 Å². The minimum absolute atomic E-state index is 0.0301. The molecular weight excluding hydrogens is 457 g/mol. The maximum absolute atomic E-state index is 13.2. The van der Waals surface area contributed by atoms with Crippen molar-refractivity contribution in [2.75, 3.05) is 30.2 Å². The number of anilines is 1. The summed E-state index contributed by atoms with van der Waals surface area (Å²) in [6.07, 6.45) is -3.54. The van der Waals surface area contributed by atoms with Crippen LogP contribution in [0.3, 0.4) is 0 Å². The van der Waals surface area contributed by atoms with E-state index in [0.29, 0.717) is 46.4 Å². The van der Waals surface area contributed by atoms with E-state index in [4.69, 9.17) is 16.3 Å². The molecule has 6 nitrogen and oxygen atoms in total. The maximum atomic E-state index is 13.2. The monoisotopic (exact) mass is 484 g/mol. The first-order valence-electron chi connectivity index (χ1n) is 9.80. The second kappa shape index (κ2) is 9.05. The molecule has 1 heterocycles. The van der Waals surface area contributed by atoms with Crippen molar-refractivity contribution in [3.8, 4) is 0 Å². The van der Waals surface area contributed by atoms with Crippen LogP contribution in [-0.4, -0.2) is 57.1 Å². The molecule has 0 atom stereocenters. The molecule has 1 amide bonds. The third-order valence-corrected chi connectivity index (χ3v) is 6.42. The van der Waals surface area contributed by atoms with Crippen molar-refractivity contribution >= 4 is 33.4 Å². The number of ether oxygens (including phenoxy) is 1. The van der Waals surface area contributed by atoms with E-state index in [1.165, 1.54) is 12.1 Å². The Morgan fingerprint density at radius 1 is 1.23 bits per heavy atom. The highest BCUT2D eigenvalue weighted by Crippen LogP contribution is 2.40. The lowest BCUT2D eigenvalue weighted by molar-refractivity contribution is -0.117. The number of hydrogen-bond donors (Lipinski definition) is 0. The second-order valence-electron chi connectivity index (χ2n) is 8.79. The van der Waals surface area contributed by atoms with Gasteiger partial charge in [0, 0.05) is 18.1 Å². The van der Waals surface area contributed by atoms with Gasteiger partial charge in [-0.1, -0.05) is 11.6 Å². The molecule has 1 aliphatic heterocycles. The lowest BCUT2D eigenvalue weighted by Gasteiger charge is -2.35. The number of amides is 1. The summed E-state index contributed by atoms with van der Waals surface area (Å²) in [4.78, 5) is 13.8. The summed E-state index contributed by atoms with van der Waals surface area (Å²) in [6, 6.07) is 2.92. The lowest BCUT2D eigenvalue weighted by atomic mass is 9.87. The molecule has 11 heteroatoms. The summed E-state index contributed by atoms with van der Waals surface area (Å²) in [5.74, 6) is -0.260. The Morgan fingerprint density at radius 2 is 1.77 bits per heavy atom. The van der Waals surface area contributed by atoms with Crippen LogP contribution >= 0.6 is 11.6 Å². The quantitative estimate of drug-likeness (QED) is 0.597. The molecular formula is C20H28ClF3N2O4S. The minimum Gasteiger partial charge on any atom is -0.444 e. The molecule has 1 aromatic carbocycles. The summed E-state index contributed by atoms with van der Waals surface area (Å²) >= 11 is 6.23. The number of rotatable bonds is 4. The van der Waals surface area contributed by atoms with Gasteiger partial charge >= 0.3 is 12.3 Å². The van der Waals surface area contributed by atoms with E-state index in [2.05, 4.69) is 0 Å². The fourth-order valence-corrected chi connectivity index (χ4v) is 4.54. The average Bonchev–Trinajstić information content (AvgIpc) is 2.59. The zero-order chi connectivity index (χ0) is 23.8. The third-order valence-electron chi connectivity index (χ3n) is 4.89. The Balaban J connectivity index is 2.36. The molecule has 1 fully saturated rings. The van der Waals surface area contributed by atoms with Crippen LogP contribution in [0.25, 0.3) is 0 Å². The number of halogens is 4. The Bertz CT molecular complexity index is 922. The number of carbonyl (C=O) groups excluding carboxylic acids is 1. The largest absolute Gasteiger partial charge is 0.444 e. The molecule has 31 heavy (non-hydrogen) atoms. The van der Waals surface area contributed by atoms with Gasteiger partial charge in [0.25, 0.3) is 0 Å². The summed E-state index contributed by atoms with van der Waals surface area (Å²) in [5.41, 5.74) is 0.230. The molecule has 0 spiro atoms. The number of hydrogen-bond acceptors (Lipinski definition) is 4. The zero-order valence-corrected chi connectivity index (χ0v) is 19.8. The number of nitrogens with zero attached hydrogens (tertiary/aromatic N) is 2. The predicted molar refractivity (Wildman–Crippen MR) is 114 cm³/mol. The molecule has 0 unspecified atom stereocenters. The molecule has 1 aliphatic rings. The van der Waals surface area contributed by atoms with Crippen LogP contribution in [0, 0.1) is 6.92 Å². The molecule has 0 aliphatic carbocycles. The summed E-state index contributed by atoms with van der Waals surface area (Å²) in [5, 5.41) is 0.341. The van der Waals surface area contributed by atoms with Crippen LogP contribution in [0.5, 0.6) is 0 Å². The van der Waals surface area contributed by atoms with Gasteiger partial charge in [-0.05, 0) is 69.7 Å². The second-order valence-corrected chi connectivity index (χ2v) is 11.1. The molecule has 0 N–H and O–H groups in total. The smallest absolute Gasteiger partial charge is 0.410 e. The molecule has 1 aromatic rings. The van der Waals surface area contributed by atoms with Crippen molar-refractivity contribution in [2.24, 2.45) is 0 Å². The number of alkyl halides is 3. The summed E-state index contributed by atoms with van der Waals surface area (Å²) < 4.78 is 69.7. The van der Waals surface area contributed by atoms with Gasteiger partial charge < -0.3 is 9.64 Å². The first-order chi connectivity index (χ1) is 14.0. The number of benzene rings is 1. The van der Waals surface area contributed by atoms with Crippen LogP contribution in [0.15, 0.2) is 12.1 Å². The zero-order valence-electron chi connectivity index (χ0n) is 18.2. The van der Waals surface area contributed by atoms with Gasteiger partial charge in [0.2, 0.25) is 10.0 Å². The van der Waals surface area contributed by atoms with Crippen molar-refractivity contribution in [2.45, 2.75) is 58.2 Å². The fraction of sp³-hybridized carbons (Fsp3) is 0.650. The van der Waals surface area contributed by atoms with Crippen LogP contribution in [0.4, 0.5) is 23.7 Å². The van der Waals surface area contributed by atoms with E-state index < -0.39 is 34.4 Å². The summed E-state index contributed by atoms with van der Waals surface area (Å²) in [6.45, 7) is 5.94. The van der Waals surface area contributed by atoms with E-state index in [1.807, 2.05) is 0 Å². The van der Waals surface area contributed by atoms with Crippen molar-refractivity contribution in [3.05, 3.63) is 28.3 Å². The van der Waals surface area contributed by atoms with Gasteiger partial charge in [-0.3, -0.25) is 4.31 Å². The highest BCUT2D eigenvalue weighted by atomic mass is 35.5. The van der Waals surface area contributed by atoms with Crippen LogP contribution in [-0.2, 0) is 14.8 Å². The van der Waals surface area contributed by atoms with Crippen molar-refractivity contribution in [1.82, 2.24) is 4.90 Å². The van der Waals surface area contributed by atoms with Crippen LogP contribution in [0.1, 0.15) is 50.7 Å². The van der Waals surface area contributed by atoms with E-state index in [9.17, 15) is 26.4 Å². The molecule has 176 valence electrons. The average molecular weight is 485 g/mol. The van der Waals surface area contributed by atoms with Crippen molar-refractivity contribution < 1.29 is 31.1 Å². The standard InChI is InChI=1S/C20H28ClF3N2O4S/c1-13-10-17(26(31(5,28)29)12-20(22,23)24)15(11-16(13)21)14-6-8-25(9-7-14)18(27)30-19(2,3)4/h10-11,14H,6-9,12H2,1-5H3. The van der Waals surface area contributed by atoms with E-state index >= 15 is 0 Å². The third kappa shape index (κ3) is 7.17. The number of carbonyl (C=O) groups is 1. The topological polar surface area (TPSA) is 66.9 Å². The van der Waals surface area contributed by atoms with E-state index in [0.717, 1.165) is 6.26 Å². The summed E-state index contributed by atoms with van der Waals surface area (Å²) in [7, 11) is -4.20. The maximum Gasteiger partial charge on any atom is 0.410 e. The molecule has 0 saturated carbocycles. The SMILES string of the molecule is Cc1cc(N(CC(F)(F)F)S(C)(=O)=O)c(C2CCN(C(=O)OC(C)(C)C)CC2)cc1Cl.